The van der Waals surface area contributed by atoms with E-state index in [0.717, 1.165) is 25.7 Å². The predicted molar refractivity (Wildman–Crippen MR) is 108 cm³/mol. The maximum absolute atomic E-state index is 12.6. The van der Waals surface area contributed by atoms with Crippen LogP contribution < -0.4 is 10.1 Å². The van der Waals surface area contributed by atoms with Crippen molar-refractivity contribution in [1.29, 1.82) is 0 Å². The summed E-state index contributed by atoms with van der Waals surface area (Å²) < 4.78 is 31.6. The van der Waals surface area contributed by atoms with Gasteiger partial charge in [0.05, 0.1) is 10.5 Å². The number of rotatable bonds is 7. The van der Waals surface area contributed by atoms with Gasteiger partial charge in [0.25, 0.3) is 5.91 Å². The molecule has 7 heteroatoms. The second-order valence-electron chi connectivity index (χ2n) is 7.17. The largest absolute Gasteiger partial charge is 0.488 e. The lowest BCUT2D eigenvalue weighted by Crippen LogP contribution is -2.32. The molecule has 6 nitrogen and oxygen atoms in total. The van der Waals surface area contributed by atoms with Gasteiger partial charge in [-0.2, -0.15) is 0 Å². The number of para-hydroxylation sites is 1. The number of hydrogen-bond donors (Lipinski definition) is 1. The average molecular weight is 403 g/mol. The molecule has 150 valence electrons. The molecule has 0 radical (unpaired) electrons. The molecule has 0 unspecified atom stereocenters. The second-order valence-corrected chi connectivity index (χ2v) is 9.33. The molecule has 1 aliphatic rings. The Hall–Kier alpha value is -2.38. The maximum Gasteiger partial charge on any atom is 0.255 e. The summed E-state index contributed by atoms with van der Waals surface area (Å²) in [5, 5.41) is 3.07. The monoisotopic (exact) mass is 402 g/mol. The minimum absolute atomic E-state index is 0.133. The Balaban J connectivity index is 1.72. The summed E-state index contributed by atoms with van der Waals surface area (Å²) in [6.45, 7) is 0.171. The molecule has 3 rings (SSSR count). The van der Waals surface area contributed by atoms with Crippen LogP contribution in [0.1, 0.15) is 41.6 Å². The Morgan fingerprint density at radius 1 is 1.11 bits per heavy atom. The van der Waals surface area contributed by atoms with E-state index < -0.39 is 10.0 Å². The number of amides is 1. The molecule has 1 aliphatic carbocycles. The van der Waals surface area contributed by atoms with E-state index in [4.69, 9.17) is 4.74 Å². The maximum atomic E-state index is 12.6. The molecule has 1 saturated carbocycles. The van der Waals surface area contributed by atoms with Crippen molar-refractivity contribution >= 4 is 15.9 Å². The molecular formula is C21H26N2O4S. The molecule has 0 atom stereocenters. The summed E-state index contributed by atoms with van der Waals surface area (Å²) in [4.78, 5) is 12.8. The highest BCUT2D eigenvalue weighted by Crippen LogP contribution is 2.23. The van der Waals surface area contributed by atoms with Crippen LogP contribution in [-0.4, -0.2) is 38.8 Å². The number of carbonyl (C=O) groups excluding carboxylic acids is 1. The van der Waals surface area contributed by atoms with Crippen molar-refractivity contribution in [3.05, 3.63) is 59.7 Å². The van der Waals surface area contributed by atoms with Gasteiger partial charge >= 0.3 is 0 Å². The normalized spacial score (nSPS) is 15.0. The van der Waals surface area contributed by atoms with Gasteiger partial charge in [0.1, 0.15) is 12.4 Å². The van der Waals surface area contributed by atoms with E-state index in [2.05, 4.69) is 5.32 Å². The molecule has 1 fully saturated rings. The highest BCUT2D eigenvalue weighted by Gasteiger charge is 2.20. The first-order valence-electron chi connectivity index (χ1n) is 9.42. The standard InChI is InChI=1S/C21H26N2O4S/c1-23(2)28(25,26)18-11-7-8-16(14-18)15-27-20-13-6-5-12-19(20)21(24)22-17-9-3-4-10-17/h5-8,11-14,17H,3-4,9-10,15H2,1-2H3,(H,22,24). The third kappa shape index (κ3) is 4.72. The van der Waals surface area contributed by atoms with E-state index in [1.807, 2.05) is 6.07 Å². The van der Waals surface area contributed by atoms with E-state index in [9.17, 15) is 13.2 Å². The summed E-state index contributed by atoms with van der Waals surface area (Å²) in [6, 6.07) is 14.0. The Labute approximate surface area is 166 Å². The van der Waals surface area contributed by atoms with Gasteiger partial charge in [-0.3, -0.25) is 4.79 Å². The van der Waals surface area contributed by atoms with E-state index in [1.165, 1.54) is 18.4 Å². The minimum atomic E-state index is -3.50. The van der Waals surface area contributed by atoms with Crippen LogP contribution in [0.25, 0.3) is 0 Å². The van der Waals surface area contributed by atoms with Crippen molar-refractivity contribution in [2.45, 2.75) is 43.2 Å². The van der Waals surface area contributed by atoms with Crippen LogP contribution in [0.3, 0.4) is 0 Å². The van der Waals surface area contributed by atoms with Crippen molar-refractivity contribution in [3.63, 3.8) is 0 Å². The van der Waals surface area contributed by atoms with Gasteiger partial charge in [0.2, 0.25) is 10.0 Å². The summed E-state index contributed by atoms with van der Waals surface area (Å²) in [6.07, 6.45) is 4.33. The number of ether oxygens (including phenoxy) is 1. The molecule has 2 aromatic carbocycles. The van der Waals surface area contributed by atoms with Gasteiger partial charge in [-0.1, -0.05) is 37.1 Å². The fourth-order valence-corrected chi connectivity index (χ4v) is 4.25. The Morgan fingerprint density at radius 2 is 1.82 bits per heavy atom. The number of nitrogens with zero attached hydrogens (tertiary/aromatic N) is 1. The number of nitrogens with one attached hydrogen (secondary N) is 1. The topological polar surface area (TPSA) is 75.7 Å². The van der Waals surface area contributed by atoms with Gasteiger partial charge < -0.3 is 10.1 Å². The van der Waals surface area contributed by atoms with E-state index in [1.54, 1.807) is 42.5 Å². The summed E-state index contributed by atoms with van der Waals surface area (Å²) in [5.41, 5.74) is 1.21. The van der Waals surface area contributed by atoms with Crippen molar-refractivity contribution in [2.75, 3.05) is 14.1 Å². The summed E-state index contributed by atoms with van der Waals surface area (Å²) in [7, 11) is -0.508. The SMILES string of the molecule is CN(C)S(=O)(=O)c1cccc(COc2ccccc2C(=O)NC2CCCC2)c1. The molecule has 0 heterocycles. The summed E-state index contributed by atoms with van der Waals surface area (Å²) in [5.74, 6) is 0.352. The Morgan fingerprint density at radius 3 is 2.54 bits per heavy atom. The lowest BCUT2D eigenvalue weighted by atomic mass is 10.1. The zero-order valence-corrected chi connectivity index (χ0v) is 17.0. The molecule has 0 aromatic heterocycles. The molecule has 1 amide bonds. The highest BCUT2D eigenvalue weighted by atomic mass is 32.2. The van der Waals surface area contributed by atoms with Crippen molar-refractivity contribution < 1.29 is 17.9 Å². The molecule has 28 heavy (non-hydrogen) atoms. The van der Waals surface area contributed by atoms with E-state index >= 15 is 0 Å². The van der Waals surface area contributed by atoms with Crippen LogP contribution in [-0.2, 0) is 16.6 Å². The highest BCUT2D eigenvalue weighted by molar-refractivity contribution is 7.89. The first-order valence-corrected chi connectivity index (χ1v) is 10.9. The van der Waals surface area contributed by atoms with E-state index in [0.29, 0.717) is 16.9 Å². The van der Waals surface area contributed by atoms with Gasteiger partial charge in [-0.05, 0) is 42.7 Å². The number of hydrogen-bond acceptors (Lipinski definition) is 4. The second kappa shape index (κ2) is 8.75. The molecular weight excluding hydrogens is 376 g/mol. The Kier molecular flexibility index (Phi) is 6.36. The number of benzene rings is 2. The van der Waals surface area contributed by atoms with Crippen LogP contribution in [0, 0.1) is 0 Å². The van der Waals surface area contributed by atoms with Crippen LogP contribution in [0.4, 0.5) is 0 Å². The lowest BCUT2D eigenvalue weighted by molar-refractivity contribution is 0.0933. The van der Waals surface area contributed by atoms with Gasteiger partial charge in [0, 0.05) is 20.1 Å². The third-order valence-electron chi connectivity index (χ3n) is 4.89. The fourth-order valence-electron chi connectivity index (χ4n) is 3.28. The van der Waals surface area contributed by atoms with Crippen molar-refractivity contribution in [1.82, 2.24) is 9.62 Å². The van der Waals surface area contributed by atoms with E-state index in [-0.39, 0.29) is 23.5 Å². The van der Waals surface area contributed by atoms with Crippen molar-refractivity contribution in [2.24, 2.45) is 0 Å². The lowest BCUT2D eigenvalue weighted by Gasteiger charge is -2.15. The first kappa shape index (κ1) is 20.4. The van der Waals surface area contributed by atoms with Crippen LogP contribution in [0.2, 0.25) is 0 Å². The molecule has 0 bridgehead atoms. The van der Waals surface area contributed by atoms with Gasteiger partial charge in [-0.25, -0.2) is 12.7 Å². The zero-order valence-electron chi connectivity index (χ0n) is 16.2. The van der Waals surface area contributed by atoms with Crippen molar-refractivity contribution in [3.8, 4) is 5.75 Å². The molecule has 2 aromatic rings. The molecule has 0 saturated heterocycles. The summed E-state index contributed by atoms with van der Waals surface area (Å²) >= 11 is 0. The molecule has 0 spiro atoms. The number of sulfonamides is 1. The fraction of sp³-hybridized carbons (Fsp3) is 0.381. The zero-order chi connectivity index (χ0) is 20.1. The van der Waals surface area contributed by atoms with Crippen LogP contribution in [0.15, 0.2) is 53.4 Å². The smallest absolute Gasteiger partial charge is 0.255 e. The van der Waals surface area contributed by atoms with Gasteiger partial charge in [0.15, 0.2) is 0 Å². The molecule has 1 N–H and O–H groups in total. The molecule has 0 aliphatic heterocycles. The van der Waals surface area contributed by atoms with Gasteiger partial charge in [-0.15, -0.1) is 0 Å². The average Bonchev–Trinajstić information content (AvgIpc) is 3.19. The number of carbonyl (C=O) groups is 1. The predicted octanol–water partition coefficient (Wildman–Crippen LogP) is 3.19. The van der Waals surface area contributed by atoms with Crippen LogP contribution in [0.5, 0.6) is 5.75 Å². The quantitative estimate of drug-likeness (QED) is 0.772. The van der Waals surface area contributed by atoms with Crippen LogP contribution >= 0.6 is 0 Å². The third-order valence-corrected chi connectivity index (χ3v) is 6.70. The first-order chi connectivity index (χ1) is 13.4. The minimum Gasteiger partial charge on any atom is -0.488 e. The Bertz CT molecular complexity index is 935.